The molecule has 0 aliphatic carbocycles. The fourth-order valence-corrected chi connectivity index (χ4v) is 8.35. The molecule has 0 amide bonds. The van der Waals surface area contributed by atoms with E-state index >= 15 is 0 Å². The fourth-order valence-electron chi connectivity index (χ4n) is 5.70. The number of benzene rings is 7. The van der Waals surface area contributed by atoms with Crippen molar-refractivity contribution in [2.45, 2.75) is 0 Å². The molecule has 0 unspecified atom stereocenters. The molecule has 180 valence electrons. The molecule has 0 spiro atoms. The highest BCUT2D eigenvalue weighted by atomic mass is 31.2. The molecule has 38 heavy (non-hydrogen) atoms. The average molecular weight is 505 g/mol. The van der Waals surface area contributed by atoms with Gasteiger partial charge in [-0.05, 0) is 49.5 Å². The van der Waals surface area contributed by atoms with E-state index in [0.717, 1.165) is 21.5 Å². The van der Waals surface area contributed by atoms with Crippen LogP contribution in [-0.4, -0.2) is 0 Å². The van der Waals surface area contributed by atoms with Crippen LogP contribution in [0.5, 0.6) is 0 Å². The monoisotopic (exact) mass is 504 g/mol. The van der Waals surface area contributed by atoms with Gasteiger partial charge in [0.25, 0.3) is 0 Å². The van der Waals surface area contributed by atoms with Crippen LogP contribution >= 0.6 is 7.14 Å². The summed E-state index contributed by atoms with van der Waals surface area (Å²) in [7, 11) is -3.02. The van der Waals surface area contributed by atoms with Crippen LogP contribution in [0.2, 0.25) is 0 Å². The highest BCUT2D eigenvalue weighted by Crippen LogP contribution is 2.44. The summed E-state index contributed by atoms with van der Waals surface area (Å²) < 4.78 is 14.9. The Morgan fingerprint density at radius 3 is 1.55 bits per heavy atom. The van der Waals surface area contributed by atoms with E-state index in [0.29, 0.717) is 0 Å². The lowest BCUT2D eigenvalue weighted by molar-refractivity contribution is 0.592. The van der Waals surface area contributed by atoms with Gasteiger partial charge in [0.15, 0.2) is 7.14 Å². The molecule has 0 saturated carbocycles. The summed E-state index contributed by atoms with van der Waals surface area (Å²) >= 11 is 0. The van der Waals surface area contributed by atoms with Crippen molar-refractivity contribution in [3.8, 4) is 11.1 Å². The first-order valence-corrected chi connectivity index (χ1v) is 14.6. The Bertz CT molecular complexity index is 1930. The van der Waals surface area contributed by atoms with Gasteiger partial charge in [-0.15, -0.1) is 0 Å². The molecule has 0 saturated heterocycles. The summed E-state index contributed by atoms with van der Waals surface area (Å²) in [6, 6.07) is 52.0. The van der Waals surface area contributed by atoms with Crippen LogP contribution in [0.15, 0.2) is 152 Å². The molecule has 0 heterocycles. The third kappa shape index (κ3) is 3.59. The van der Waals surface area contributed by atoms with E-state index in [-0.39, 0.29) is 0 Å². The maximum atomic E-state index is 14.9. The highest BCUT2D eigenvalue weighted by molar-refractivity contribution is 7.85. The summed E-state index contributed by atoms with van der Waals surface area (Å²) in [5.74, 6) is 0. The summed E-state index contributed by atoms with van der Waals surface area (Å²) in [5, 5.41) is 9.92. The molecule has 0 aliphatic rings. The maximum Gasteiger partial charge on any atom is 0.171 e. The molecular formula is C36H25OP. The molecule has 0 atom stereocenters. The van der Waals surface area contributed by atoms with Crippen LogP contribution in [0.3, 0.4) is 0 Å². The third-order valence-corrected chi connectivity index (χ3v) is 10.6. The molecule has 7 rings (SSSR count). The number of fused-ring (bicyclic) bond motifs is 4. The summed E-state index contributed by atoms with van der Waals surface area (Å²) in [6.07, 6.45) is 0. The normalized spacial score (nSPS) is 11.8. The van der Waals surface area contributed by atoms with Gasteiger partial charge in [-0.2, -0.15) is 0 Å². The predicted octanol–water partition coefficient (Wildman–Crippen LogP) is 8.45. The van der Waals surface area contributed by atoms with Crippen molar-refractivity contribution >= 4 is 55.4 Å². The highest BCUT2D eigenvalue weighted by Gasteiger charge is 2.29. The fraction of sp³-hybridized carbons (Fsp3) is 0. The van der Waals surface area contributed by atoms with Gasteiger partial charge in [0, 0.05) is 15.9 Å². The lowest BCUT2D eigenvalue weighted by Gasteiger charge is -2.21. The second kappa shape index (κ2) is 9.14. The first-order chi connectivity index (χ1) is 18.7. The van der Waals surface area contributed by atoms with E-state index in [2.05, 4.69) is 91.0 Å². The van der Waals surface area contributed by atoms with Gasteiger partial charge in [-0.3, -0.25) is 0 Å². The summed E-state index contributed by atoms with van der Waals surface area (Å²) in [4.78, 5) is 0. The van der Waals surface area contributed by atoms with Crippen molar-refractivity contribution in [3.05, 3.63) is 152 Å². The van der Waals surface area contributed by atoms with E-state index in [1.807, 2.05) is 60.7 Å². The van der Waals surface area contributed by atoms with Crippen LogP contribution in [0.25, 0.3) is 43.4 Å². The van der Waals surface area contributed by atoms with Crippen LogP contribution in [0, 0.1) is 0 Å². The zero-order valence-corrected chi connectivity index (χ0v) is 21.7. The van der Waals surface area contributed by atoms with Crippen molar-refractivity contribution < 1.29 is 4.57 Å². The minimum Gasteiger partial charge on any atom is -0.309 e. The SMILES string of the molecule is O=P(c1ccccc1)(c1ccccc1)c1ccc(-c2c3ccccc3cc3ccc4ccccc4c23)cc1. The second-order valence-electron chi connectivity index (χ2n) is 9.68. The van der Waals surface area contributed by atoms with Gasteiger partial charge in [0.1, 0.15) is 0 Å². The molecular weight excluding hydrogens is 479 g/mol. The molecule has 0 bridgehead atoms. The quantitative estimate of drug-likeness (QED) is 0.134. The number of rotatable bonds is 4. The first kappa shape index (κ1) is 22.7. The molecule has 1 nitrogen and oxygen atoms in total. The molecule has 7 aromatic rings. The topological polar surface area (TPSA) is 17.1 Å². The minimum absolute atomic E-state index is 0.841. The Morgan fingerprint density at radius 2 is 0.895 bits per heavy atom. The summed E-state index contributed by atoms with van der Waals surface area (Å²) in [6.45, 7) is 0. The van der Waals surface area contributed by atoms with E-state index in [4.69, 9.17) is 0 Å². The second-order valence-corrected chi connectivity index (χ2v) is 12.5. The van der Waals surface area contributed by atoms with Gasteiger partial charge in [0.2, 0.25) is 0 Å². The maximum absolute atomic E-state index is 14.9. The van der Waals surface area contributed by atoms with Gasteiger partial charge < -0.3 is 4.57 Å². The van der Waals surface area contributed by atoms with E-state index in [1.54, 1.807) is 0 Å². The lowest BCUT2D eigenvalue weighted by atomic mass is 9.89. The van der Waals surface area contributed by atoms with Crippen molar-refractivity contribution in [3.63, 3.8) is 0 Å². The van der Waals surface area contributed by atoms with Crippen molar-refractivity contribution in [1.29, 1.82) is 0 Å². The van der Waals surface area contributed by atoms with Crippen LogP contribution < -0.4 is 15.9 Å². The average Bonchev–Trinajstić information content (AvgIpc) is 3.00. The largest absolute Gasteiger partial charge is 0.309 e. The molecule has 0 aliphatic heterocycles. The molecule has 0 aromatic heterocycles. The Morgan fingerprint density at radius 1 is 0.395 bits per heavy atom. The standard InChI is InChI=1S/C36H25OP/c37-38(30-13-3-1-4-14-30,31-15-5-2-6-16-31)32-23-21-27(22-24-32)35-34-18-10-8-12-28(34)25-29-20-19-26-11-7-9-17-33(26)36(29)35/h1-25H. The van der Waals surface area contributed by atoms with Gasteiger partial charge >= 0.3 is 0 Å². The van der Waals surface area contributed by atoms with Crippen molar-refractivity contribution in [2.75, 3.05) is 0 Å². The molecule has 0 N–H and O–H groups in total. The van der Waals surface area contributed by atoms with Gasteiger partial charge in [-0.1, -0.05) is 146 Å². The molecule has 0 radical (unpaired) electrons. The number of hydrogen-bond donors (Lipinski definition) is 0. The molecule has 7 aromatic carbocycles. The Kier molecular flexibility index (Phi) is 5.46. The smallest absolute Gasteiger partial charge is 0.171 e. The third-order valence-electron chi connectivity index (χ3n) is 7.51. The van der Waals surface area contributed by atoms with Crippen molar-refractivity contribution in [2.24, 2.45) is 0 Å². The minimum atomic E-state index is -3.02. The summed E-state index contributed by atoms with van der Waals surface area (Å²) in [5.41, 5.74) is 2.34. The lowest BCUT2D eigenvalue weighted by Crippen LogP contribution is -2.24. The van der Waals surface area contributed by atoms with E-state index in [9.17, 15) is 4.57 Å². The Hall–Kier alpha value is -4.45. The van der Waals surface area contributed by atoms with Crippen LogP contribution in [0.1, 0.15) is 0 Å². The Labute approximate surface area is 222 Å². The van der Waals surface area contributed by atoms with Crippen LogP contribution in [0.4, 0.5) is 0 Å². The van der Waals surface area contributed by atoms with Gasteiger partial charge in [-0.25, -0.2) is 0 Å². The molecule has 0 fully saturated rings. The zero-order valence-electron chi connectivity index (χ0n) is 20.8. The first-order valence-electron chi connectivity index (χ1n) is 12.9. The molecule has 2 heteroatoms. The Balaban J connectivity index is 1.49. The van der Waals surface area contributed by atoms with E-state index < -0.39 is 7.14 Å². The predicted molar refractivity (Wildman–Crippen MR) is 164 cm³/mol. The number of hydrogen-bond acceptors (Lipinski definition) is 1. The van der Waals surface area contributed by atoms with Crippen molar-refractivity contribution in [1.82, 2.24) is 0 Å². The van der Waals surface area contributed by atoms with Gasteiger partial charge in [0.05, 0.1) is 0 Å². The van der Waals surface area contributed by atoms with Crippen LogP contribution in [-0.2, 0) is 4.57 Å². The zero-order chi connectivity index (χ0) is 25.5. The van der Waals surface area contributed by atoms with E-state index in [1.165, 1.54) is 37.9 Å².